The molecule has 1 heterocycles. The first kappa shape index (κ1) is 30.1. The summed E-state index contributed by atoms with van der Waals surface area (Å²) in [6.45, 7) is 4.59. The lowest BCUT2D eigenvalue weighted by Gasteiger charge is -2.38. The fraction of sp³-hybridized carbons (Fsp3) is 0.265. The van der Waals surface area contributed by atoms with Gasteiger partial charge in [0.15, 0.2) is 0 Å². The zero-order chi connectivity index (χ0) is 30.2. The number of nitrogens with one attached hydrogen (secondary N) is 2. The molecule has 1 fully saturated rings. The Labute approximate surface area is 254 Å². The first-order valence-corrected chi connectivity index (χ1v) is 16.0. The number of anilines is 3. The van der Waals surface area contributed by atoms with Gasteiger partial charge in [-0.1, -0.05) is 60.7 Å². The van der Waals surface area contributed by atoms with E-state index >= 15 is 0 Å². The largest absolute Gasteiger partial charge is 0.497 e. The van der Waals surface area contributed by atoms with E-state index in [0.717, 1.165) is 35.7 Å². The van der Waals surface area contributed by atoms with Crippen molar-refractivity contribution >= 4 is 33.0 Å². The van der Waals surface area contributed by atoms with E-state index in [1.807, 2.05) is 91.9 Å². The molecular formula is C34H38N4O4S. The highest BCUT2D eigenvalue weighted by Crippen LogP contribution is 2.32. The first-order chi connectivity index (χ1) is 20.8. The Morgan fingerprint density at radius 1 is 0.837 bits per heavy atom. The van der Waals surface area contributed by atoms with Gasteiger partial charge in [-0.2, -0.15) is 0 Å². The van der Waals surface area contributed by atoms with Crippen LogP contribution in [0.4, 0.5) is 17.1 Å². The Hall–Kier alpha value is -4.34. The number of benzene rings is 4. The van der Waals surface area contributed by atoms with E-state index in [1.165, 1.54) is 0 Å². The van der Waals surface area contributed by atoms with Gasteiger partial charge in [0.05, 0.1) is 12.8 Å². The molecule has 1 saturated heterocycles. The van der Waals surface area contributed by atoms with Crippen LogP contribution in [0, 0.1) is 0 Å². The van der Waals surface area contributed by atoms with Crippen LogP contribution in [0.3, 0.4) is 0 Å². The van der Waals surface area contributed by atoms with Gasteiger partial charge >= 0.3 is 0 Å². The van der Waals surface area contributed by atoms with E-state index in [0.29, 0.717) is 37.3 Å². The summed E-state index contributed by atoms with van der Waals surface area (Å²) < 4.78 is 35.9. The molecule has 9 heteroatoms. The molecule has 4 aromatic carbocycles. The topological polar surface area (TPSA) is 91.0 Å². The summed E-state index contributed by atoms with van der Waals surface area (Å²) >= 11 is 0. The van der Waals surface area contributed by atoms with Crippen molar-refractivity contribution in [2.24, 2.45) is 0 Å². The van der Waals surface area contributed by atoms with Crippen LogP contribution in [0.25, 0.3) is 0 Å². The molecule has 0 radical (unpaired) electrons. The Kier molecular flexibility index (Phi) is 9.64. The minimum absolute atomic E-state index is 0.147. The number of hydrogen-bond donors (Lipinski definition) is 2. The van der Waals surface area contributed by atoms with Crippen molar-refractivity contribution in [1.82, 2.24) is 4.72 Å². The Bertz CT molecular complexity index is 1610. The number of ether oxygens (including phenoxy) is 1. The fourth-order valence-corrected chi connectivity index (χ4v) is 6.78. The quantitative estimate of drug-likeness (QED) is 0.233. The summed E-state index contributed by atoms with van der Waals surface area (Å²) in [7, 11) is -2.30. The van der Waals surface area contributed by atoms with E-state index in [4.69, 9.17) is 4.74 Å². The highest BCUT2D eigenvalue weighted by atomic mass is 32.2. The summed E-state index contributed by atoms with van der Waals surface area (Å²) in [6, 6.07) is 32.0. The van der Waals surface area contributed by atoms with Gasteiger partial charge in [-0.15, -0.1) is 0 Å². The van der Waals surface area contributed by atoms with Gasteiger partial charge in [-0.25, -0.2) is 13.1 Å². The number of aryl methyl sites for hydroxylation is 1. The second-order valence-electron chi connectivity index (χ2n) is 10.6. The summed E-state index contributed by atoms with van der Waals surface area (Å²) in [5, 5.41) is 2.91. The summed E-state index contributed by atoms with van der Waals surface area (Å²) in [4.78, 5) is 17.3. The molecule has 1 amide bonds. The van der Waals surface area contributed by atoms with Crippen LogP contribution in [0.1, 0.15) is 30.5 Å². The van der Waals surface area contributed by atoms with Gasteiger partial charge in [-0.05, 0) is 66.9 Å². The molecule has 224 valence electrons. The standard InChI is InChI=1S/C34H38N4O4S/c1-26(28-11-7-4-8-12-28)36-43(40,41)33-25-29(35-34(39)20-13-27-9-5-3-6-10-27)14-19-32(33)38-23-21-37(22-24-38)30-15-17-31(42-2)18-16-30/h3-12,14-19,25-26,36H,13,20-24H2,1-2H3,(H,35,39)/t26-/m1/s1. The molecule has 0 bridgehead atoms. The molecule has 4 aromatic rings. The fourth-order valence-electron chi connectivity index (χ4n) is 5.30. The predicted molar refractivity (Wildman–Crippen MR) is 172 cm³/mol. The van der Waals surface area contributed by atoms with Gasteiger partial charge in [-0.3, -0.25) is 4.79 Å². The molecule has 1 atom stereocenters. The van der Waals surface area contributed by atoms with Crippen LogP contribution in [-0.4, -0.2) is 47.6 Å². The van der Waals surface area contributed by atoms with Gasteiger partial charge in [0, 0.05) is 50.0 Å². The maximum atomic E-state index is 13.9. The number of hydrogen-bond acceptors (Lipinski definition) is 6. The number of amides is 1. The zero-order valence-electron chi connectivity index (χ0n) is 24.6. The van der Waals surface area contributed by atoms with E-state index in [1.54, 1.807) is 25.3 Å². The smallest absolute Gasteiger partial charge is 0.243 e. The minimum atomic E-state index is -3.95. The third-order valence-corrected chi connectivity index (χ3v) is 9.28. The highest BCUT2D eigenvalue weighted by molar-refractivity contribution is 7.89. The van der Waals surface area contributed by atoms with E-state index in [2.05, 4.69) is 19.8 Å². The van der Waals surface area contributed by atoms with Gasteiger partial charge in [0.1, 0.15) is 10.6 Å². The Morgan fingerprint density at radius 3 is 2.12 bits per heavy atom. The average molecular weight is 599 g/mol. The van der Waals surface area contributed by atoms with Crippen molar-refractivity contribution in [3.05, 3.63) is 114 Å². The first-order valence-electron chi connectivity index (χ1n) is 14.5. The predicted octanol–water partition coefficient (Wildman–Crippen LogP) is 5.63. The maximum Gasteiger partial charge on any atom is 0.243 e. The van der Waals surface area contributed by atoms with Gasteiger partial charge < -0.3 is 19.9 Å². The molecule has 0 aromatic heterocycles. The van der Waals surface area contributed by atoms with Crippen LogP contribution in [0.15, 0.2) is 108 Å². The van der Waals surface area contributed by atoms with Crippen molar-refractivity contribution < 1.29 is 17.9 Å². The third kappa shape index (κ3) is 7.74. The molecule has 1 aliphatic rings. The number of carbonyl (C=O) groups is 1. The molecule has 1 aliphatic heterocycles. The average Bonchev–Trinajstić information content (AvgIpc) is 3.04. The molecule has 2 N–H and O–H groups in total. The van der Waals surface area contributed by atoms with E-state index in [9.17, 15) is 13.2 Å². The number of carbonyl (C=O) groups excluding carboxylic acids is 1. The van der Waals surface area contributed by atoms with E-state index < -0.39 is 16.1 Å². The second kappa shape index (κ2) is 13.8. The zero-order valence-corrected chi connectivity index (χ0v) is 25.4. The summed E-state index contributed by atoms with van der Waals surface area (Å²) in [5.74, 6) is 0.639. The lowest BCUT2D eigenvalue weighted by Crippen LogP contribution is -2.47. The van der Waals surface area contributed by atoms with Crippen molar-refractivity contribution in [3.8, 4) is 5.75 Å². The second-order valence-corrected chi connectivity index (χ2v) is 12.3. The van der Waals surface area contributed by atoms with Crippen LogP contribution in [0.2, 0.25) is 0 Å². The lowest BCUT2D eigenvalue weighted by molar-refractivity contribution is -0.116. The molecule has 8 nitrogen and oxygen atoms in total. The van der Waals surface area contributed by atoms with Crippen LogP contribution in [0.5, 0.6) is 5.75 Å². The summed E-state index contributed by atoms with van der Waals surface area (Å²) in [5.41, 5.74) is 4.10. The molecule has 43 heavy (non-hydrogen) atoms. The minimum Gasteiger partial charge on any atom is -0.497 e. The molecule has 0 aliphatic carbocycles. The van der Waals surface area contributed by atoms with Crippen LogP contribution < -0.4 is 24.6 Å². The number of methoxy groups -OCH3 is 1. The highest BCUT2D eigenvalue weighted by Gasteiger charge is 2.27. The van der Waals surface area contributed by atoms with Crippen molar-refractivity contribution in [3.63, 3.8) is 0 Å². The number of piperazine rings is 1. The number of nitrogens with zero attached hydrogens (tertiary/aromatic N) is 2. The van der Waals surface area contributed by atoms with Crippen molar-refractivity contribution in [1.29, 1.82) is 0 Å². The van der Waals surface area contributed by atoms with Crippen molar-refractivity contribution in [2.75, 3.05) is 48.4 Å². The monoisotopic (exact) mass is 598 g/mol. The summed E-state index contributed by atoms with van der Waals surface area (Å²) in [6.07, 6.45) is 0.898. The van der Waals surface area contributed by atoms with E-state index in [-0.39, 0.29) is 10.8 Å². The number of sulfonamides is 1. The van der Waals surface area contributed by atoms with Crippen LogP contribution in [-0.2, 0) is 21.2 Å². The Balaban J connectivity index is 1.36. The van der Waals surface area contributed by atoms with Crippen molar-refractivity contribution in [2.45, 2.75) is 30.7 Å². The number of rotatable bonds is 11. The SMILES string of the molecule is COc1ccc(N2CCN(c3ccc(NC(=O)CCc4ccccc4)cc3S(=O)(=O)N[C@H](C)c3ccccc3)CC2)cc1. The lowest BCUT2D eigenvalue weighted by atomic mass is 10.1. The van der Waals surface area contributed by atoms with Crippen LogP contribution >= 0.6 is 0 Å². The molecule has 0 spiro atoms. The van der Waals surface area contributed by atoms with Gasteiger partial charge in [0.25, 0.3) is 0 Å². The maximum absolute atomic E-state index is 13.9. The molecule has 0 unspecified atom stereocenters. The molecular weight excluding hydrogens is 560 g/mol. The van der Waals surface area contributed by atoms with Gasteiger partial charge in [0.2, 0.25) is 15.9 Å². The normalized spacial score (nSPS) is 14.3. The molecule has 0 saturated carbocycles. The third-order valence-electron chi connectivity index (χ3n) is 7.71. The Morgan fingerprint density at radius 2 is 1.47 bits per heavy atom. The molecule has 5 rings (SSSR count).